The highest BCUT2D eigenvalue weighted by Crippen LogP contribution is 1.96. The molecule has 0 atom stereocenters. The van der Waals surface area contributed by atoms with E-state index in [4.69, 9.17) is 0 Å². The largest absolute Gasteiger partial charge is 0.303 e. The molecule has 0 aliphatic heterocycles. The maximum absolute atomic E-state index is 10.7. The van der Waals surface area contributed by atoms with Crippen molar-refractivity contribution >= 4 is 5.78 Å². The van der Waals surface area contributed by atoms with Crippen molar-refractivity contribution < 1.29 is 4.79 Å². The summed E-state index contributed by atoms with van der Waals surface area (Å²) in [5.74, 6) is 0.296. The standard InChI is InChI=1S/C10H21NO/c1-4-6-8-11(5-2)9-7-10(3)12/h4-9H2,1-3H3. The van der Waals surface area contributed by atoms with Crippen LogP contribution in [0.3, 0.4) is 0 Å². The fourth-order valence-corrected chi connectivity index (χ4v) is 1.13. The molecule has 0 aromatic heterocycles. The van der Waals surface area contributed by atoms with E-state index >= 15 is 0 Å². The van der Waals surface area contributed by atoms with Gasteiger partial charge in [0.05, 0.1) is 0 Å². The van der Waals surface area contributed by atoms with E-state index in [0.717, 1.165) is 19.6 Å². The van der Waals surface area contributed by atoms with Gasteiger partial charge in [-0.25, -0.2) is 0 Å². The molecule has 0 amide bonds. The van der Waals surface area contributed by atoms with Crippen LogP contribution in [0.5, 0.6) is 0 Å². The second-order valence-electron chi connectivity index (χ2n) is 3.24. The van der Waals surface area contributed by atoms with Gasteiger partial charge in [0.2, 0.25) is 0 Å². The molecule has 12 heavy (non-hydrogen) atoms. The Hall–Kier alpha value is -0.370. The Morgan fingerprint density at radius 3 is 2.33 bits per heavy atom. The molecule has 0 N–H and O–H groups in total. The first-order valence-electron chi connectivity index (χ1n) is 4.92. The van der Waals surface area contributed by atoms with Crippen molar-refractivity contribution in [3.05, 3.63) is 0 Å². The van der Waals surface area contributed by atoms with E-state index < -0.39 is 0 Å². The molecule has 0 rings (SSSR count). The Morgan fingerprint density at radius 2 is 1.92 bits per heavy atom. The molecular weight excluding hydrogens is 150 g/mol. The number of hydrogen-bond acceptors (Lipinski definition) is 2. The Morgan fingerprint density at radius 1 is 1.25 bits per heavy atom. The number of hydrogen-bond donors (Lipinski definition) is 0. The van der Waals surface area contributed by atoms with Crippen LogP contribution in [0.2, 0.25) is 0 Å². The zero-order chi connectivity index (χ0) is 9.40. The molecule has 0 aliphatic rings. The van der Waals surface area contributed by atoms with Gasteiger partial charge in [-0.15, -0.1) is 0 Å². The Labute approximate surface area is 75.9 Å². The van der Waals surface area contributed by atoms with Crippen molar-refractivity contribution in [2.75, 3.05) is 19.6 Å². The highest BCUT2D eigenvalue weighted by atomic mass is 16.1. The van der Waals surface area contributed by atoms with Gasteiger partial charge in [-0.3, -0.25) is 4.79 Å². The third-order valence-corrected chi connectivity index (χ3v) is 2.06. The summed E-state index contributed by atoms with van der Waals surface area (Å²) in [7, 11) is 0. The maximum Gasteiger partial charge on any atom is 0.131 e. The molecular formula is C10H21NO. The van der Waals surface area contributed by atoms with E-state index in [0.29, 0.717) is 12.2 Å². The van der Waals surface area contributed by atoms with Crippen molar-refractivity contribution in [3.8, 4) is 0 Å². The van der Waals surface area contributed by atoms with Crippen molar-refractivity contribution in [3.63, 3.8) is 0 Å². The van der Waals surface area contributed by atoms with Crippen LogP contribution in [0.25, 0.3) is 0 Å². The van der Waals surface area contributed by atoms with Crippen molar-refractivity contribution in [2.45, 2.75) is 40.0 Å². The molecule has 0 heterocycles. The molecule has 0 radical (unpaired) electrons. The summed E-state index contributed by atoms with van der Waals surface area (Å²) in [5, 5.41) is 0. The Bertz CT molecular complexity index is 123. The lowest BCUT2D eigenvalue weighted by Crippen LogP contribution is -2.26. The average Bonchev–Trinajstić information content (AvgIpc) is 2.05. The van der Waals surface area contributed by atoms with Gasteiger partial charge < -0.3 is 4.90 Å². The summed E-state index contributed by atoms with van der Waals surface area (Å²) in [6.45, 7) is 9.14. The topological polar surface area (TPSA) is 20.3 Å². The van der Waals surface area contributed by atoms with Crippen LogP contribution < -0.4 is 0 Å². The van der Waals surface area contributed by atoms with Gasteiger partial charge in [-0.05, 0) is 26.4 Å². The number of ketones is 1. The number of carbonyl (C=O) groups excluding carboxylic acids is 1. The molecule has 72 valence electrons. The van der Waals surface area contributed by atoms with E-state index in [1.165, 1.54) is 12.8 Å². The molecule has 0 aromatic carbocycles. The zero-order valence-corrected chi connectivity index (χ0v) is 8.60. The fraction of sp³-hybridized carbons (Fsp3) is 0.900. The van der Waals surface area contributed by atoms with Gasteiger partial charge >= 0.3 is 0 Å². The SMILES string of the molecule is CCCCN(CC)CCC(C)=O. The maximum atomic E-state index is 10.7. The lowest BCUT2D eigenvalue weighted by molar-refractivity contribution is -0.117. The first-order valence-corrected chi connectivity index (χ1v) is 4.92. The van der Waals surface area contributed by atoms with Crippen LogP contribution in [-0.2, 0) is 4.79 Å². The summed E-state index contributed by atoms with van der Waals surface area (Å²) in [6, 6.07) is 0. The molecule has 0 saturated heterocycles. The molecule has 0 aromatic rings. The molecule has 0 fully saturated rings. The minimum Gasteiger partial charge on any atom is -0.303 e. The lowest BCUT2D eigenvalue weighted by Gasteiger charge is -2.18. The van der Waals surface area contributed by atoms with Crippen LogP contribution in [0.15, 0.2) is 0 Å². The monoisotopic (exact) mass is 171 g/mol. The van der Waals surface area contributed by atoms with Crippen molar-refractivity contribution in [1.82, 2.24) is 4.90 Å². The summed E-state index contributed by atoms with van der Waals surface area (Å²) < 4.78 is 0. The second kappa shape index (κ2) is 7.29. The number of nitrogens with zero attached hydrogens (tertiary/aromatic N) is 1. The molecule has 0 aliphatic carbocycles. The zero-order valence-electron chi connectivity index (χ0n) is 8.60. The predicted molar refractivity (Wildman–Crippen MR) is 52.3 cm³/mol. The van der Waals surface area contributed by atoms with Gasteiger partial charge in [0.25, 0.3) is 0 Å². The summed E-state index contributed by atoms with van der Waals surface area (Å²) >= 11 is 0. The first-order chi connectivity index (χ1) is 5.70. The Balaban J connectivity index is 3.45. The number of unbranched alkanes of at least 4 members (excludes halogenated alkanes) is 1. The predicted octanol–water partition coefficient (Wildman–Crippen LogP) is 2.09. The lowest BCUT2D eigenvalue weighted by atomic mass is 10.2. The fourth-order valence-electron chi connectivity index (χ4n) is 1.13. The molecule has 0 spiro atoms. The van der Waals surface area contributed by atoms with E-state index in [2.05, 4.69) is 18.7 Å². The summed E-state index contributed by atoms with van der Waals surface area (Å²) in [5.41, 5.74) is 0. The molecule has 0 unspecified atom stereocenters. The van der Waals surface area contributed by atoms with Crippen LogP contribution >= 0.6 is 0 Å². The molecule has 0 bridgehead atoms. The number of rotatable bonds is 7. The minimum absolute atomic E-state index is 0.296. The second-order valence-corrected chi connectivity index (χ2v) is 3.24. The summed E-state index contributed by atoms with van der Waals surface area (Å²) in [6.07, 6.45) is 3.18. The van der Waals surface area contributed by atoms with Crippen LogP contribution in [0, 0.1) is 0 Å². The van der Waals surface area contributed by atoms with Crippen molar-refractivity contribution in [1.29, 1.82) is 0 Å². The first kappa shape index (κ1) is 11.6. The highest BCUT2D eigenvalue weighted by molar-refractivity contribution is 5.75. The van der Waals surface area contributed by atoms with Gasteiger partial charge in [-0.2, -0.15) is 0 Å². The molecule has 2 heteroatoms. The van der Waals surface area contributed by atoms with Crippen LogP contribution in [-0.4, -0.2) is 30.3 Å². The Kier molecular flexibility index (Phi) is 7.06. The van der Waals surface area contributed by atoms with E-state index in [1.807, 2.05) is 0 Å². The molecule has 0 saturated carbocycles. The average molecular weight is 171 g/mol. The third kappa shape index (κ3) is 6.35. The quantitative estimate of drug-likeness (QED) is 0.584. The minimum atomic E-state index is 0.296. The van der Waals surface area contributed by atoms with Gasteiger partial charge in [0.15, 0.2) is 0 Å². The molecule has 2 nitrogen and oxygen atoms in total. The van der Waals surface area contributed by atoms with Crippen molar-refractivity contribution in [2.24, 2.45) is 0 Å². The normalized spacial score (nSPS) is 10.7. The van der Waals surface area contributed by atoms with Gasteiger partial charge in [-0.1, -0.05) is 20.3 Å². The van der Waals surface area contributed by atoms with Gasteiger partial charge in [0.1, 0.15) is 5.78 Å². The third-order valence-electron chi connectivity index (χ3n) is 2.06. The summed E-state index contributed by atoms with van der Waals surface area (Å²) in [4.78, 5) is 13.0. The van der Waals surface area contributed by atoms with E-state index in [-0.39, 0.29) is 0 Å². The van der Waals surface area contributed by atoms with E-state index in [9.17, 15) is 4.79 Å². The van der Waals surface area contributed by atoms with Gasteiger partial charge in [0, 0.05) is 13.0 Å². The number of Topliss-reactive ketones (excluding diaryl/α,β-unsaturated/α-hetero) is 1. The van der Waals surface area contributed by atoms with Crippen LogP contribution in [0.1, 0.15) is 40.0 Å². The van der Waals surface area contributed by atoms with Crippen LogP contribution in [0.4, 0.5) is 0 Å². The number of carbonyl (C=O) groups is 1. The van der Waals surface area contributed by atoms with E-state index in [1.54, 1.807) is 6.92 Å². The smallest absolute Gasteiger partial charge is 0.131 e. The highest BCUT2D eigenvalue weighted by Gasteiger charge is 2.02.